The molecule has 8 heteroatoms. The molecule has 2 aromatic rings. The Labute approximate surface area is 133 Å². The molecule has 0 aliphatic carbocycles. The average Bonchev–Trinajstić information content (AvgIpc) is 2.45. The molecule has 0 atom stereocenters. The van der Waals surface area contributed by atoms with Crippen LogP contribution < -0.4 is 22.1 Å². The summed E-state index contributed by atoms with van der Waals surface area (Å²) in [5.74, 6) is 0. The maximum absolute atomic E-state index is 13.5. The smallest absolute Gasteiger partial charge is 0.296 e. The second-order valence-electron chi connectivity index (χ2n) is 4.41. The molecule has 0 saturated carbocycles. The molecular formula is C15H19F2N2O3P. The van der Waals surface area contributed by atoms with E-state index < -0.39 is 18.8 Å². The first-order valence-electron chi connectivity index (χ1n) is 6.04. The first-order chi connectivity index (χ1) is 9.80. The van der Waals surface area contributed by atoms with Crippen LogP contribution in [-0.4, -0.2) is 0 Å². The van der Waals surface area contributed by atoms with Crippen LogP contribution in [0, 0.1) is 0 Å². The molecule has 0 fully saturated rings. The number of quaternary nitrogens is 2. The zero-order valence-electron chi connectivity index (χ0n) is 12.8. The van der Waals surface area contributed by atoms with Gasteiger partial charge >= 0.3 is 0 Å². The van der Waals surface area contributed by atoms with Crippen molar-refractivity contribution >= 4 is 19.7 Å². The van der Waals surface area contributed by atoms with Gasteiger partial charge in [-0.25, -0.2) is 0 Å². The molecule has 0 bridgehead atoms. The second-order valence-corrected chi connectivity index (χ2v) is 5.96. The van der Waals surface area contributed by atoms with Gasteiger partial charge in [0.2, 0.25) is 0 Å². The Morgan fingerprint density at radius 2 is 1.39 bits per heavy atom. The van der Waals surface area contributed by atoms with Gasteiger partial charge in [-0.15, -0.1) is 0 Å². The maximum atomic E-state index is 13.5. The van der Waals surface area contributed by atoms with Gasteiger partial charge in [0.25, 0.3) is 5.66 Å². The van der Waals surface area contributed by atoms with Gasteiger partial charge in [-0.3, -0.25) is 0 Å². The van der Waals surface area contributed by atoms with Crippen molar-refractivity contribution in [2.75, 3.05) is 0 Å². The Balaban J connectivity index is 0.00000242. The van der Waals surface area contributed by atoms with Crippen LogP contribution in [0.15, 0.2) is 54.6 Å². The lowest BCUT2D eigenvalue weighted by molar-refractivity contribution is -0.335. The third-order valence-electron chi connectivity index (χ3n) is 2.85. The molecule has 0 spiro atoms. The van der Waals surface area contributed by atoms with E-state index in [1.807, 2.05) is 30.3 Å². The van der Waals surface area contributed by atoms with Crippen LogP contribution in [0.4, 0.5) is 8.78 Å². The number of alkyl halides is 2. The van der Waals surface area contributed by atoms with Crippen molar-refractivity contribution in [1.29, 1.82) is 0 Å². The molecule has 8 N–H and O–H groups in total. The van der Waals surface area contributed by atoms with E-state index in [4.69, 9.17) is 0 Å². The third-order valence-corrected chi connectivity index (χ3v) is 3.79. The second kappa shape index (κ2) is 8.10. The highest BCUT2D eigenvalue weighted by Gasteiger charge is 2.35. The van der Waals surface area contributed by atoms with E-state index in [1.54, 1.807) is 18.2 Å². The summed E-state index contributed by atoms with van der Waals surface area (Å²) in [6, 6.07) is 13.9. The molecule has 0 saturated heterocycles. The molecule has 23 heavy (non-hydrogen) atoms. The van der Waals surface area contributed by atoms with Crippen molar-refractivity contribution in [2.24, 2.45) is 0 Å². The summed E-state index contributed by atoms with van der Waals surface area (Å²) in [4.78, 5) is 21.3. The van der Waals surface area contributed by atoms with Gasteiger partial charge in [-0.05, 0) is 17.2 Å². The van der Waals surface area contributed by atoms with E-state index in [1.165, 1.54) is 6.07 Å². The normalized spacial score (nSPS) is 11.7. The highest BCUT2D eigenvalue weighted by atomic mass is 31.2. The lowest BCUT2D eigenvalue weighted by Crippen LogP contribution is -2.29. The largest absolute Gasteiger partial charge is 0.806 e. The van der Waals surface area contributed by atoms with Crippen LogP contribution in [0.1, 0.15) is 16.7 Å². The van der Waals surface area contributed by atoms with Crippen LogP contribution in [0.2, 0.25) is 0 Å². The van der Waals surface area contributed by atoms with Gasteiger partial charge in [-0.1, -0.05) is 60.7 Å². The molecule has 0 aliphatic rings. The van der Waals surface area contributed by atoms with E-state index in [2.05, 4.69) is 0 Å². The van der Waals surface area contributed by atoms with Crippen molar-refractivity contribution in [3.8, 4) is 0 Å². The van der Waals surface area contributed by atoms with Crippen LogP contribution >= 0.6 is 7.60 Å². The van der Waals surface area contributed by atoms with Crippen LogP contribution in [-0.2, 0) is 10.2 Å². The number of hydrogen-bond donors (Lipinski definition) is 2. The van der Waals surface area contributed by atoms with E-state index in [9.17, 15) is 23.1 Å². The number of benzene rings is 2. The standard InChI is InChI=1S/C15H13F2O3P.2H3N/c16-15(17,21(18,19)20)14-8-4-7-13(11-14)10-9-12-5-2-1-3-6-12;;/h1-11H,(H2,18,19,20);2*1H3/b10-9-;;. The van der Waals surface area contributed by atoms with Gasteiger partial charge in [0, 0.05) is 13.2 Å². The number of hydrogen-bond acceptors (Lipinski definition) is 3. The van der Waals surface area contributed by atoms with E-state index in [-0.39, 0.29) is 12.3 Å². The fourth-order valence-corrected chi connectivity index (χ4v) is 2.20. The summed E-state index contributed by atoms with van der Waals surface area (Å²) in [5.41, 5.74) is -3.99. The van der Waals surface area contributed by atoms with E-state index >= 15 is 0 Å². The summed E-state index contributed by atoms with van der Waals surface area (Å²) in [6.07, 6.45) is 3.26. The van der Waals surface area contributed by atoms with Gasteiger partial charge in [-0.2, -0.15) is 8.78 Å². The van der Waals surface area contributed by atoms with Crippen molar-refractivity contribution in [2.45, 2.75) is 5.66 Å². The summed E-state index contributed by atoms with van der Waals surface area (Å²) in [7, 11) is -6.04. The van der Waals surface area contributed by atoms with Crippen molar-refractivity contribution in [3.05, 3.63) is 71.3 Å². The van der Waals surface area contributed by atoms with Crippen molar-refractivity contribution in [1.82, 2.24) is 12.3 Å². The molecule has 0 radical (unpaired) electrons. The highest BCUT2D eigenvalue weighted by Crippen LogP contribution is 2.53. The molecule has 0 aromatic heterocycles. The van der Waals surface area contributed by atoms with Crippen molar-refractivity contribution in [3.63, 3.8) is 0 Å². The van der Waals surface area contributed by atoms with Gasteiger partial charge < -0.3 is 26.7 Å². The molecule has 5 nitrogen and oxygen atoms in total. The quantitative estimate of drug-likeness (QED) is 0.648. The minimum atomic E-state index is -6.04. The molecule has 0 amide bonds. The Kier molecular flexibility index (Phi) is 7.43. The Morgan fingerprint density at radius 3 is 1.96 bits per heavy atom. The van der Waals surface area contributed by atoms with E-state index in [0.717, 1.165) is 17.7 Å². The van der Waals surface area contributed by atoms with Gasteiger partial charge in [0.15, 0.2) is 0 Å². The molecule has 0 aliphatic heterocycles. The SMILES string of the molecule is O=P([O-])([O-])C(F)(F)c1cccc(/C=C\c2ccccc2)c1.[NH4+].[NH4+]. The molecular weight excluding hydrogens is 325 g/mol. The predicted octanol–water partition coefficient (Wildman–Crippen LogP) is 3.57. The predicted molar refractivity (Wildman–Crippen MR) is 85.3 cm³/mol. The summed E-state index contributed by atoms with van der Waals surface area (Å²) >= 11 is 0. The molecule has 0 unspecified atom stereocenters. The Hall–Kier alpha value is -1.89. The van der Waals surface area contributed by atoms with Crippen LogP contribution in [0.3, 0.4) is 0 Å². The maximum Gasteiger partial charge on any atom is 0.296 e. The van der Waals surface area contributed by atoms with Crippen LogP contribution in [0.5, 0.6) is 0 Å². The number of halogens is 2. The zero-order chi connectivity index (χ0) is 15.5. The summed E-state index contributed by atoms with van der Waals surface area (Å²) in [6.45, 7) is 0. The van der Waals surface area contributed by atoms with Crippen LogP contribution in [0.25, 0.3) is 12.2 Å². The fourth-order valence-electron chi connectivity index (χ4n) is 1.74. The third kappa shape index (κ3) is 5.06. The van der Waals surface area contributed by atoms with Crippen molar-refractivity contribution < 1.29 is 23.1 Å². The monoisotopic (exact) mass is 344 g/mol. The summed E-state index contributed by atoms with van der Waals surface area (Å²) in [5, 5.41) is 0. The molecule has 2 aromatic carbocycles. The highest BCUT2D eigenvalue weighted by molar-refractivity contribution is 7.49. The van der Waals surface area contributed by atoms with E-state index in [0.29, 0.717) is 5.56 Å². The minimum Gasteiger partial charge on any atom is -0.806 e. The lowest BCUT2D eigenvalue weighted by Gasteiger charge is -2.37. The minimum absolute atomic E-state index is 0. The first-order valence-corrected chi connectivity index (χ1v) is 7.58. The Bertz CT molecular complexity index is 703. The fraction of sp³-hybridized carbons (Fsp3) is 0.0667. The Morgan fingerprint density at radius 1 is 0.870 bits per heavy atom. The topological polar surface area (TPSA) is 136 Å². The molecule has 0 heterocycles. The van der Waals surface area contributed by atoms with Gasteiger partial charge in [0.1, 0.15) is 0 Å². The zero-order valence-corrected chi connectivity index (χ0v) is 13.7. The first kappa shape index (κ1) is 21.1. The number of rotatable bonds is 4. The summed E-state index contributed by atoms with van der Waals surface area (Å²) < 4.78 is 37.6. The van der Waals surface area contributed by atoms with Gasteiger partial charge in [0.05, 0.1) is 0 Å². The lowest BCUT2D eigenvalue weighted by atomic mass is 10.1. The average molecular weight is 344 g/mol. The molecule has 2 rings (SSSR count). The molecule has 126 valence electrons.